The molecular weight excluding hydrogens is 367 g/mol. The number of aryl methyl sites for hydroxylation is 1. The number of allylic oxidation sites excluding steroid dienone is 1. The number of hydrogen-bond acceptors (Lipinski definition) is 3. The van der Waals surface area contributed by atoms with Crippen LogP contribution in [0.2, 0.25) is 0 Å². The zero-order valence-electron chi connectivity index (χ0n) is 11.0. The Labute approximate surface area is 131 Å². The first kappa shape index (κ1) is 14.6. The van der Waals surface area contributed by atoms with Gasteiger partial charge >= 0.3 is 0 Å². The fourth-order valence-electron chi connectivity index (χ4n) is 1.65. The van der Waals surface area contributed by atoms with Crippen molar-refractivity contribution in [3.05, 3.63) is 63.6 Å². The third-order valence-corrected chi connectivity index (χ3v) is 3.37. The Kier molecular flexibility index (Phi) is 5.16. The number of halogens is 1. The molecule has 1 aromatic carbocycles. The maximum absolute atomic E-state index is 11.8. The molecular formula is C14H15IN4O. The van der Waals surface area contributed by atoms with Crippen LogP contribution in [0.25, 0.3) is 0 Å². The molecule has 0 bridgehead atoms. The van der Waals surface area contributed by atoms with E-state index in [2.05, 4.69) is 50.7 Å². The van der Waals surface area contributed by atoms with Gasteiger partial charge in [-0.25, -0.2) is 0 Å². The lowest BCUT2D eigenvalue weighted by Gasteiger charge is -2.02. The maximum atomic E-state index is 11.8. The number of nitrogens with one attached hydrogen (secondary N) is 2. The molecule has 0 aliphatic rings. The molecule has 0 radical (unpaired) electrons. The molecule has 20 heavy (non-hydrogen) atoms. The third-order valence-electron chi connectivity index (χ3n) is 2.58. The molecule has 0 unspecified atom stereocenters. The van der Waals surface area contributed by atoms with Gasteiger partial charge in [-0.05, 0) is 34.6 Å². The topological polar surface area (TPSA) is 59.0 Å². The van der Waals surface area contributed by atoms with Crippen molar-refractivity contribution in [1.29, 1.82) is 0 Å². The largest absolute Gasteiger partial charge is 0.306 e. The standard InChI is InChI=1S/C14H15IN4O/c1-19-10-12(15)13(18-19)14(20)17-16-9-5-8-11-6-3-2-4-7-11/h2-7,9-10,16H,8H2,1H3,(H,17,20). The van der Waals surface area contributed by atoms with Crippen molar-refractivity contribution in [1.82, 2.24) is 20.6 Å². The summed E-state index contributed by atoms with van der Waals surface area (Å²) in [4.78, 5) is 11.8. The third kappa shape index (κ3) is 4.09. The molecule has 0 aliphatic carbocycles. The molecule has 1 aromatic heterocycles. The highest BCUT2D eigenvalue weighted by Crippen LogP contribution is 2.08. The Balaban J connectivity index is 1.78. The normalized spacial score (nSPS) is 10.7. The van der Waals surface area contributed by atoms with E-state index >= 15 is 0 Å². The molecule has 2 N–H and O–H groups in total. The molecule has 0 atom stereocenters. The summed E-state index contributed by atoms with van der Waals surface area (Å²) in [6.45, 7) is 0. The molecule has 5 nitrogen and oxygen atoms in total. The quantitative estimate of drug-likeness (QED) is 0.615. The lowest BCUT2D eigenvalue weighted by molar-refractivity contribution is 0.0934. The first-order valence-corrected chi connectivity index (χ1v) is 7.18. The SMILES string of the molecule is Cn1cc(I)c(C(=O)NNC=CCc2ccccc2)n1. The van der Waals surface area contributed by atoms with Gasteiger partial charge in [-0.3, -0.25) is 14.9 Å². The van der Waals surface area contributed by atoms with Crippen molar-refractivity contribution in [3.63, 3.8) is 0 Å². The second-order valence-electron chi connectivity index (χ2n) is 4.19. The van der Waals surface area contributed by atoms with E-state index in [4.69, 9.17) is 0 Å². The first-order valence-electron chi connectivity index (χ1n) is 6.11. The summed E-state index contributed by atoms with van der Waals surface area (Å²) in [5, 5.41) is 4.09. The summed E-state index contributed by atoms with van der Waals surface area (Å²) in [5.41, 5.74) is 6.97. The summed E-state index contributed by atoms with van der Waals surface area (Å²) >= 11 is 2.08. The van der Waals surface area contributed by atoms with Crippen molar-refractivity contribution in [2.45, 2.75) is 6.42 Å². The van der Waals surface area contributed by atoms with Crippen LogP contribution in [-0.2, 0) is 13.5 Å². The minimum absolute atomic E-state index is 0.251. The Hall–Kier alpha value is -1.83. The highest BCUT2D eigenvalue weighted by Gasteiger charge is 2.12. The minimum Gasteiger partial charge on any atom is -0.306 e. The number of benzene rings is 1. The maximum Gasteiger partial charge on any atom is 0.291 e. The Morgan fingerprint density at radius 1 is 1.40 bits per heavy atom. The summed E-state index contributed by atoms with van der Waals surface area (Å²) in [7, 11) is 1.78. The van der Waals surface area contributed by atoms with E-state index in [1.54, 1.807) is 24.1 Å². The fourth-order valence-corrected chi connectivity index (χ4v) is 2.40. The summed E-state index contributed by atoms with van der Waals surface area (Å²) in [6.07, 6.45) is 6.26. The van der Waals surface area contributed by atoms with Gasteiger partial charge in [0.15, 0.2) is 5.69 Å². The van der Waals surface area contributed by atoms with Gasteiger partial charge in [0.2, 0.25) is 0 Å². The van der Waals surface area contributed by atoms with Crippen LogP contribution < -0.4 is 10.9 Å². The average Bonchev–Trinajstić information content (AvgIpc) is 2.78. The average molecular weight is 382 g/mol. The van der Waals surface area contributed by atoms with Crippen molar-refractivity contribution in [2.24, 2.45) is 7.05 Å². The number of hydrazine groups is 1. The van der Waals surface area contributed by atoms with Crippen LogP contribution in [-0.4, -0.2) is 15.7 Å². The minimum atomic E-state index is -0.251. The van der Waals surface area contributed by atoms with Crippen LogP contribution in [0, 0.1) is 3.57 Å². The monoisotopic (exact) mass is 382 g/mol. The van der Waals surface area contributed by atoms with Crippen LogP contribution >= 0.6 is 22.6 Å². The van der Waals surface area contributed by atoms with Crippen LogP contribution in [0.3, 0.4) is 0 Å². The van der Waals surface area contributed by atoms with E-state index < -0.39 is 0 Å². The molecule has 0 saturated heterocycles. The van der Waals surface area contributed by atoms with Crippen LogP contribution in [0.15, 0.2) is 48.8 Å². The van der Waals surface area contributed by atoms with Crippen molar-refractivity contribution < 1.29 is 4.79 Å². The molecule has 2 rings (SSSR count). The van der Waals surface area contributed by atoms with E-state index in [-0.39, 0.29) is 5.91 Å². The van der Waals surface area contributed by atoms with Gasteiger partial charge < -0.3 is 5.43 Å². The van der Waals surface area contributed by atoms with Crippen molar-refractivity contribution in [3.8, 4) is 0 Å². The van der Waals surface area contributed by atoms with E-state index in [0.717, 1.165) is 9.99 Å². The number of hydrogen-bond donors (Lipinski definition) is 2. The molecule has 1 heterocycles. The van der Waals surface area contributed by atoms with E-state index in [0.29, 0.717) is 5.69 Å². The smallest absolute Gasteiger partial charge is 0.291 e. The van der Waals surface area contributed by atoms with E-state index in [9.17, 15) is 4.79 Å². The summed E-state index contributed by atoms with van der Waals surface area (Å²) < 4.78 is 2.43. The fraction of sp³-hybridized carbons (Fsp3) is 0.143. The molecule has 6 heteroatoms. The Bertz CT molecular complexity index is 607. The second-order valence-corrected chi connectivity index (χ2v) is 5.35. The zero-order chi connectivity index (χ0) is 14.4. The predicted octanol–water partition coefficient (Wildman–Crippen LogP) is 2.02. The molecule has 0 saturated carbocycles. The number of carbonyl (C=O) groups is 1. The van der Waals surface area contributed by atoms with Gasteiger partial charge in [-0.1, -0.05) is 36.4 Å². The van der Waals surface area contributed by atoms with Gasteiger partial charge in [0.25, 0.3) is 5.91 Å². The van der Waals surface area contributed by atoms with Crippen LogP contribution in [0.5, 0.6) is 0 Å². The number of amides is 1. The summed E-state index contributed by atoms with van der Waals surface area (Å²) in [6, 6.07) is 10.1. The van der Waals surface area contributed by atoms with Crippen molar-refractivity contribution >= 4 is 28.5 Å². The number of aromatic nitrogens is 2. The lowest BCUT2D eigenvalue weighted by atomic mass is 10.1. The first-order chi connectivity index (χ1) is 9.66. The highest BCUT2D eigenvalue weighted by molar-refractivity contribution is 14.1. The molecule has 0 aliphatic heterocycles. The highest BCUT2D eigenvalue weighted by atomic mass is 127. The van der Waals surface area contributed by atoms with E-state index in [1.807, 2.05) is 24.3 Å². The lowest BCUT2D eigenvalue weighted by Crippen LogP contribution is -2.34. The van der Waals surface area contributed by atoms with Crippen LogP contribution in [0.1, 0.15) is 16.1 Å². The van der Waals surface area contributed by atoms with Gasteiger partial charge in [0.05, 0.1) is 3.57 Å². The number of carbonyl (C=O) groups excluding carboxylic acids is 1. The van der Waals surface area contributed by atoms with Crippen LogP contribution in [0.4, 0.5) is 0 Å². The predicted molar refractivity (Wildman–Crippen MR) is 85.8 cm³/mol. The molecule has 0 spiro atoms. The van der Waals surface area contributed by atoms with Gasteiger partial charge in [-0.2, -0.15) is 5.10 Å². The van der Waals surface area contributed by atoms with Gasteiger partial charge in [0.1, 0.15) is 0 Å². The molecule has 0 fully saturated rings. The Morgan fingerprint density at radius 3 is 2.80 bits per heavy atom. The zero-order valence-corrected chi connectivity index (χ0v) is 13.2. The molecule has 1 amide bonds. The van der Waals surface area contributed by atoms with E-state index in [1.165, 1.54) is 5.56 Å². The second kappa shape index (κ2) is 7.09. The summed E-state index contributed by atoms with van der Waals surface area (Å²) in [5.74, 6) is -0.251. The number of nitrogens with zero attached hydrogens (tertiary/aromatic N) is 2. The van der Waals surface area contributed by atoms with Gasteiger partial charge in [-0.15, -0.1) is 0 Å². The molecule has 2 aromatic rings. The number of rotatable bonds is 5. The van der Waals surface area contributed by atoms with Crippen molar-refractivity contribution in [2.75, 3.05) is 0 Å². The molecule has 104 valence electrons. The van der Waals surface area contributed by atoms with Gasteiger partial charge in [0, 0.05) is 19.4 Å². The Morgan fingerprint density at radius 2 is 2.15 bits per heavy atom.